The smallest absolute Gasteiger partial charge is 0.137 e. The van der Waals surface area contributed by atoms with Crippen LogP contribution in [0, 0.1) is 0 Å². The van der Waals surface area contributed by atoms with Gasteiger partial charge in [0.2, 0.25) is 0 Å². The van der Waals surface area contributed by atoms with Crippen LogP contribution in [0.15, 0.2) is 28.7 Å². The van der Waals surface area contributed by atoms with Gasteiger partial charge in [-0.1, -0.05) is 54.9 Å². The second-order valence-corrected chi connectivity index (χ2v) is 7.86. The summed E-state index contributed by atoms with van der Waals surface area (Å²) in [6.45, 7) is 1.17. The summed E-state index contributed by atoms with van der Waals surface area (Å²) in [5.74, 6) is -0.543. The molecule has 1 aromatic carbocycles. The number of Topliss-reactive ketones (excluding diaryl/α,β-unsaturated/α-hetero) is 1. The lowest BCUT2D eigenvalue weighted by Gasteiger charge is -2.36. The Morgan fingerprint density at radius 2 is 1.71 bits per heavy atom. The number of hydrogen-bond acceptors (Lipinski definition) is 4. The van der Waals surface area contributed by atoms with Crippen molar-refractivity contribution in [2.45, 2.75) is 51.1 Å². The van der Waals surface area contributed by atoms with E-state index in [1.807, 2.05) is 12.1 Å². The topological polar surface area (TPSA) is 80.3 Å². The van der Waals surface area contributed by atoms with Gasteiger partial charge in [0.05, 0.1) is 0 Å². The summed E-state index contributed by atoms with van der Waals surface area (Å²) in [6, 6.07) is 8.15. The van der Waals surface area contributed by atoms with E-state index < -0.39 is 19.0 Å². The molecule has 1 atom stereocenters. The summed E-state index contributed by atoms with van der Waals surface area (Å²) in [6.07, 6.45) is 4.53. The molecule has 21 heavy (non-hydrogen) atoms. The molecule has 0 fully saturated rings. The van der Waals surface area contributed by atoms with Crippen LogP contribution in [-0.2, 0) is 15.8 Å². The van der Waals surface area contributed by atoms with Gasteiger partial charge in [-0.3, -0.25) is 4.79 Å². The minimum absolute atomic E-state index is 0.151. The number of aryl methyl sites for hydroxylation is 1. The molecule has 0 aliphatic rings. The third-order valence-corrected chi connectivity index (χ3v) is 5.37. The molecular formula is C15H20BrO4P-2. The molecule has 0 N–H and O–H groups in total. The minimum atomic E-state index is -4.79. The number of rotatable bonds is 9. The highest BCUT2D eigenvalue weighted by Gasteiger charge is 2.17. The summed E-state index contributed by atoms with van der Waals surface area (Å²) < 4.78 is 12.0. The zero-order valence-corrected chi connectivity index (χ0v) is 14.6. The van der Waals surface area contributed by atoms with E-state index in [-0.39, 0.29) is 6.42 Å². The molecule has 1 rings (SSSR count). The van der Waals surface area contributed by atoms with E-state index in [1.54, 1.807) is 0 Å². The van der Waals surface area contributed by atoms with Gasteiger partial charge < -0.3 is 14.4 Å². The third-order valence-electron chi connectivity index (χ3n) is 3.46. The fourth-order valence-corrected chi connectivity index (χ4v) is 3.46. The first-order chi connectivity index (χ1) is 9.80. The number of benzene rings is 1. The lowest BCUT2D eigenvalue weighted by atomic mass is 10.0. The van der Waals surface area contributed by atoms with Crippen molar-refractivity contribution in [3.63, 3.8) is 0 Å². The van der Waals surface area contributed by atoms with Crippen LogP contribution in [-0.4, -0.2) is 11.4 Å². The maximum absolute atomic E-state index is 11.1. The Bertz CT molecular complexity index is 495. The Kier molecular flexibility index (Phi) is 7.82. The van der Waals surface area contributed by atoms with Crippen LogP contribution in [0.2, 0.25) is 0 Å². The van der Waals surface area contributed by atoms with Crippen molar-refractivity contribution in [2.24, 2.45) is 0 Å². The Morgan fingerprint density at radius 3 is 2.24 bits per heavy atom. The second kappa shape index (κ2) is 8.84. The van der Waals surface area contributed by atoms with Gasteiger partial charge >= 0.3 is 0 Å². The van der Waals surface area contributed by atoms with Crippen LogP contribution in [0.25, 0.3) is 0 Å². The van der Waals surface area contributed by atoms with Crippen LogP contribution in [0.1, 0.15) is 44.6 Å². The number of carbonyl (C=O) groups excluding carboxylic acids is 1. The van der Waals surface area contributed by atoms with Gasteiger partial charge in [-0.25, -0.2) is 0 Å². The molecule has 0 aliphatic heterocycles. The Morgan fingerprint density at radius 1 is 1.14 bits per heavy atom. The highest BCUT2D eigenvalue weighted by molar-refractivity contribution is 9.10. The lowest BCUT2D eigenvalue weighted by molar-refractivity contribution is -0.315. The molecule has 4 nitrogen and oxygen atoms in total. The lowest BCUT2D eigenvalue weighted by Crippen LogP contribution is -2.31. The van der Waals surface area contributed by atoms with Crippen molar-refractivity contribution in [1.82, 2.24) is 0 Å². The molecule has 0 heterocycles. The van der Waals surface area contributed by atoms with Gasteiger partial charge in [0.1, 0.15) is 5.78 Å². The zero-order valence-electron chi connectivity index (χ0n) is 12.1. The van der Waals surface area contributed by atoms with Crippen molar-refractivity contribution in [1.29, 1.82) is 0 Å². The second-order valence-electron chi connectivity index (χ2n) is 5.25. The van der Waals surface area contributed by atoms with Crippen molar-refractivity contribution in [3.05, 3.63) is 34.3 Å². The van der Waals surface area contributed by atoms with Gasteiger partial charge in [0, 0.05) is 10.1 Å². The summed E-state index contributed by atoms with van der Waals surface area (Å²) >= 11 is 3.39. The fourth-order valence-electron chi connectivity index (χ4n) is 2.26. The Hall–Kier alpha value is -0.480. The summed E-state index contributed by atoms with van der Waals surface area (Å²) in [5, 5.41) is 0. The van der Waals surface area contributed by atoms with Crippen LogP contribution in [0.3, 0.4) is 0 Å². The van der Waals surface area contributed by atoms with E-state index >= 15 is 0 Å². The van der Waals surface area contributed by atoms with Crippen molar-refractivity contribution in [3.8, 4) is 0 Å². The van der Waals surface area contributed by atoms with Crippen molar-refractivity contribution in [2.75, 3.05) is 0 Å². The van der Waals surface area contributed by atoms with Gasteiger partial charge in [0.15, 0.2) is 0 Å². The fraction of sp³-hybridized carbons (Fsp3) is 0.533. The molecule has 0 aliphatic carbocycles. The molecule has 0 amide bonds. The van der Waals surface area contributed by atoms with E-state index in [4.69, 9.17) is 0 Å². The van der Waals surface area contributed by atoms with E-state index in [0.29, 0.717) is 6.42 Å². The monoisotopic (exact) mass is 374 g/mol. The number of ketones is 1. The first kappa shape index (κ1) is 18.6. The predicted molar refractivity (Wildman–Crippen MR) is 83.0 cm³/mol. The highest BCUT2D eigenvalue weighted by Crippen LogP contribution is 2.35. The summed E-state index contributed by atoms with van der Waals surface area (Å²) in [5.41, 5.74) is -0.0765. The van der Waals surface area contributed by atoms with Crippen LogP contribution in [0.5, 0.6) is 0 Å². The summed E-state index contributed by atoms with van der Waals surface area (Å²) in [4.78, 5) is 33.1. The molecule has 0 aromatic heterocycles. The first-order valence-electron chi connectivity index (χ1n) is 7.07. The van der Waals surface area contributed by atoms with Crippen LogP contribution < -0.4 is 9.79 Å². The van der Waals surface area contributed by atoms with Crippen LogP contribution in [0.4, 0.5) is 0 Å². The average molecular weight is 375 g/mol. The highest BCUT2D eigenvalue weighted by atomic mass is 79.9. The van der Waals surface area contributed by atoms with Crippen molar-refractivity contribution < 1.29 is 19.1 Å². The maximum atomic E-state index is 11.1. The average Bonchev–Trinajstić information content (AvgIpc) is 2.37. The van der Waals surface area contributed by atoms with Gasteiger partial charge in [0.25, 0.3) is 0 Å². The van der Waals surface area contributed by atoms with Gasteiger partial charge in [-0.2, -0.15) is 0 Å². The maximum Gasteiger partial charge on any atom is 0.137 e. The molecule has 6 heteroatoms. The first-order valence-corrected chi connectivity index (χ1v) is 9.48. The minimum Gasteiger partial charge on any atom is -0.810 e. The molecule has 0 bridgehead atoms. The molecule has 1 unspecified atom stereocenters. The van der Waals surface area contributed by atoms with E-state index in [0.717, 1.165) is 30.2 Å². The zero-order chi connectivity index (χ0) is 15.9. The molecule has 0 saturated heterocycles. The SMILES string of the molecule is CC(=O)C(CCCCCCc1ccc(Br)cc1)P(=O)([O-])[O-]. The van der Waals surface area contributed by atoms with E-state index in [1.165, 1.54) is 12.5 Å². The molecular weight excluding hydrogens is 355 g/mol. The molecule has 118 valence electrons. The number of unbranched alkanes of at least 4 members (excludes halogenated alkanes) is 3. The molecule has 0 saturated carbocycles. The summed E-state index contributed by atoms with van der Waals surface area (Å²) in [7, 11) is -4.79. The van der Waals surface area contributed by atoms with Crippen LogP contribution >= 0.6 is 23.5 Å². The number of hydrogen-bond donors (Lipinski definition) is 0. The van der Waals surface area contributed by atoms with Gasteiger partial charge in [-0.05, 0) is 43.9 Å². The largest absolute Gasteiger partial charge is 0.810 e. The number of carbonyl (C=O) groups is 1. The molecule has 0 spiro atoms. The Balaban J connectivity index is 2.21. The van der Waals surface area contributed by atoms with E-state index in [9.17, 15) is 19.1 Å². The normalized spacial score (nSPS) is 13.1. The number of halogens is 1. The quantitative estimate of drug-likeness (QED) is 0.491. The van der Waals surface area contributed by atoms with Crippen molar-refractivity contribution >= 4 is 29.3 Å². The van der Waals surface area contributed by atoms with Gasteiger partial charge in [-0.15, -0.1) is 0 Å². The standard InChI is InChI=1S/C15H22BrO4P/c1-12(17)15(21(18,19)20)7-5-3-2-4-6-13-8-10-14(16)11-9-13/h8-11,15H,2-7H2,1H3,(H2,18,19,20)/p-2. The third kappa shape index (κ3) is 7.37. The Labute approximate surface area is 134 Å². The van der Waals surface area contributed by atoms with E-state index in [2.05, 4.69) is 28.1 Å². The molecule has 0 radical (unpaired) electrons. The molecule has 1 aromatic rings. The predicted octanol–water partition coefficient (Wildman–Crippen LogP) is 2.81.